The maximum absolute atomic E-state index is 13.6. The Kier molecular flexibility index (Phi) is 9.72. The Morgan fingerprint density at radius 2 is 1.53 bits per heavy atom. The molecule has 0 radical (unpaired) electrons. The number of anilines is 2. The van der Waals surface area contributed by atoms with Crippen LogP contribution in [0.3, 0.4) is 0 Å². The van der Waals surface area contributed by atoms with Gasteiger partial charge in [-0.3, -0.25) is 0 Å². The summed E-state index contributed by atoms with van der Waals surface area (Å²) in [5, 5.41) is 5.37. The molecule has 0 bridgehead atoms. The minimum absolute atomic E-state index is 0.0683. The number of esters is 2. The van der Waals surface area contributed by atoms with E-state index < -0.39 is 11.9 Å². The zero-order valence-electron chi connectivity index (χ0n) is 28.2. The van der Waals surface area contributed by atoms with Crippen molar-refractivity contribution < 1.29 is 23.5 Å². The average Bonchev–Trinajstić information content (AvgIpc) is 3.11. The number of hydrogen-bond acceptors (Lipinski definition) is 6. The van der Waals surface area contributed by atoms with Crippen molar-refractivity contribution in [1.29, 1.82) is 0 Å². The first kappa shape index (κ1) is 33.0. The second kappa shape index (κ2) is 14.4. The smallest absolute Gasteiger partial charge is 0.338 e. The molecule has 6 rings (SSSR count). The summed E-state index contributed by atoms with van der Waals surface area (Å²) in [5.41, 5.74) is 8.92. The molecule has 4 aromatic carbocycles. The number of fused-ring (bicyclic) bond motifs is 2. The quantitative estimate of drug-likeness (QED) is 0.0524. The van der Waals surface area contributed by atoms with E-state index in [1.807, 2.05) is 61.5 Å². The van der Waals surface area contributed by atoms with E-state index in [0.717, 1.165) is 51.0 Å². The normalized spacial score (nSPS) is 11.7. The largest absolute Gasteiger partial charge is 0.459 e. The van der Waals surface area contributed by atoms with Gasteiger partial charge in [0.05, 0.1) is 11.6 Å². The van der Waals surface area contributed by atoms with E-state index in [9.17, 15) is 9.59 Å². The summed E-state index contributed by atoms with van der Waals surface area (Å²) in [4.78, 5) is 25.4. The van der Waals surface area contributed by atoms with Crippen LogP contribution in [0, 0.1) is 13.8 Å². The zero-order valence-corrected chi connectivity index (χ0v) is 28.2. The average molecular weight is 652 g/mol. The number of carbonyl (C=O) groups excluding carboxylic acids is 2. The van der Waals surface area contributed by atoms with E-state index in [0.29, 0.717) is 22.5 Å². The van der Waals surface area contributed by atoms with Crippen LogP contribution >= 0.6 is 0 Å². The van der Waals surface area contributed by atoms with E-state index in [1.54, 1.807) is 13.0 Å². The Labute approximate surface area is 286 Å². The summed E-state index contributed by atoms with van der Waals surface area (Å²) < 4.78 is 19.7. The van der Waals surface area contributed by atoms with Gasteiger partial charge >= 0.3 is 11.9 Å². The molecule has 0 saturated heterocycles. The van der Waals surface area contributed by atoms with Gasteiger partial charge in [0, 0.05) is 51.7 Å². The van der Waals surface area contributed by atoms with Crippen molar-refractivity contribution in [3.63, 3.8) is 0 Å². The number of carbonyl (C=O) groups is 2. The highest BCUT2D eigenvalue weighted by Crippen LogP contribution is 2.43. The van der Waals surface area contributed by atoms with Crippen LogP contribution in [0.15, 0.2) is 126 Å². The maximum Gasteiger partial charge on any atom is 0.338 e. The highest BCUT2D eigenvalue weighted by Gasteiger charge is 2.24. The van der Waals surface area contributed by atoms with Crippen LogP contribution in [-0.2, 0) is 14.3 Å². The summed E-state index contributed by atoms with van der Waals surface area (Å²) in [7, 11) is 0. The van der Waals surface area contributed by atoms with Crippen molar-refractivity contribution in [1.82, 2.24) is 4.58 Å². The van der Waals surface area contributed by atoms with E-state index in [2.05, 4.69) is 78.8 Å². The fraction of sp³-hybridized carbons (Fsp3) is 0.167. The van der Waals surface area contributed by atoms with Gasteiger partial charge in [-0.2, -0.15) is 4.58 Å². The highest BCUT2D eigenvalue weighted by molar-refractivity contribution is 6.08. The van der Waals surface area contributed by atoms with Gasteiger partial charge in [-0.1, -0.05) is 60.7 Å². The van der Waals surface area contributed by atoms with Crippen molar-refractivity contribution in [3.8, 4) is 22.5 Å². The Morgan fingerprint density at radius 1 is 0.816 bits per heavy atom. The first-order chi connectivity index (χ1) is 23.7. The molecular weight excluding hydrogens is 612 g/mol. The van der Waals surface area contributed by atoms with Crippen LogP contribution in [0.2, 0.25) is 0 Å². The summed E-state index contributed by atoms with van der Waals surface area (Å²) in [6.07, 6.45) is 0. The van der Waals surface area contributed by atoms with Crippen molar-refractivity contribution in [2.24, 2.45) is 0 Å². The fourth-order valence-corrected chi connectivity index (χ4v) is 5.88. The molecule has 0 amide bonds. The Bertz CT molecular complexity index is 2220. The van der Waals surface area contributed by atoms with Crippen LogP contribution in [0.5, 0.6) is 0 Å². The number of hydrogen-bond donors (Lipinski definition) is 1. The first-order valence-corrected chi connectivity index (χ1v) is 16.3. The van der Waals surface area contributed by atoms with Gasteiger partial charge in [-0.05, 0) is 75.2 Å². The standard InChI is InChI=1S/C42H39N2O5/c1-6-44(31-18-16-28(4)17-19-31)32-20-21-35-39(25-32)49-38-24-29(5)37(43-30-12-8-7-9-13-30)26-36(38)40(35)33-14-10-11-15-34(33)42(46)48-23-22-47-41(45)27(2)3/h7-21,24-26,43H,2,6,22-23H2,1,3-5H3/q+1. The van der Waals surface area contributed by atoms with Gasteiger partial charge < -0.3 is 19.2 Å². The molecule has 0 unspecified atom stereocenters. The van der Waals surface area contributed by atoms with Crippen molar-refractivity contribution in [2.45, 2.75) is 27.7 Å². The molecule has 0 spiro atoms. The Balaban J connectivity index is 1.53. The molecule has 49 heavy (non-hydrogen) atoms. The minimum atomic E-state index is -0.527. The third-order valence-electron chi connectivity index (χ3n) is 8.39. The van der Waals surface area contributed by atoms with Crippen LogP contribution in [0.1, 0.15) is 35.3 Å². The molecule has 0 saturated carbocycles. The number of nitrogens with zero attached hydrogens (tertiary/aromatic N) is 1. The summed E-state index contributed by atoms with van der Waals surface area (Å²) in [5.74, 6) is -0.364. The van der Waals surface area contributed by atoms with Gasteiger partial charge in [-0.15, -0.1) is 0 Å². The van der Waals surface area contributed by atoms with Crippen LogP contribution in [0.25, 0.3) is 33.4 Å². The fourth-order valence-electron chi connectivity index (χ4n) is 5.88. The molecule has 0 fully saturated rings. The van der Waals surface area contributed by atoms with Crippen LogP contribution in [0.4, 0.5) is 17.1 Å². The number of rotatable bonds is 10. The lowest BCUT2D eigenvalue weighted by atomic mass is 9.90. The summed E-state index contributed by atoms with van der Waals surface area (Å²) in [6, 6.07) is 36.2. The van der Waals surface area contributed by atoms with Crippen LogP contribution < -0.4 is 15.2 Å². The van der Waals surface area contributed by atoms with Gasteiger partial charge in [0.1, 0.15) is 31.1 Å². The zero-order chi connectivity index (χ0) is 34.5. The van der Waals surface area contributed by atoms with E-state index >= 15 is 0 Å². The molecule has 4 aromatic rings. The lowest BCUT2D eigenvalue weighted by molar-refractivity contribution is -0.140. The number of para-hydroxylation sites is 1. The lowest BCUT2D eigenvalue weighted by Crippen LogP contribution is -2.25. The first-order valence-electron chi connectivity index (χ1n) is 16.3. The Hall–Kier alpha value is -5.95. The predicted octanol–water partition coefficient (Wildman–Crippen LogP) is 8.96. The molecule has 2 aliphatic rings. The van der Waals surface area contributed by atoms with Gasteiger partial charge in [0.25, 0.3) is 0 Å². The minimum Gasteiger partial charge on any atom is -0.459 e. The predicted molar refractivity (Wildman–Crippen MR) is 195 cm³/mol. The van der Waals surface area contributed by atoms with E-state index in [4.69, 9.17) is 13.9 Å². The lowest BCUT2D eigenvalue weighted by Gasteiger charge is -2.19. The summed E-state index contributed by atoms with van der Waals surface area (Å²) in [6.45, 7) is 12.0. The van der Waals surface area contributed by atoms with Crippen LogP contribution in [-0.4, -0.2) is 31.7 Å². The molecule has 1 aliphatic carbocycles. The van der Waals surface area contributed by atoms with Crippen molar-refractivity contribution in [2.75, 3.05) is 25.1 Å². The molecular formula is C42H39N2O5+. The molecule has 0 aromatic heterocycles. The molecule has 7 nitrogen and oxygen atoms in total. The third kappa shape index (κ3) is 7.16. The van der Waals surface area contributed by atoms with Crippen molar-refractivity contribution in [3.05, 3.63) is 143 Å². The van der Waals surface area contributed by atoms with Gasteiger partial charge in [-0.25, -0.2) is 9.59 Å². The van der Waals surface area contributed by atoms with E-state index in [-0.39, 0.29) is 18.8 Å². The SMILES string of the molecule is C=C(C)C(=O)OCCOC(=O)c1ccccc1-c1c2ccc(=[N+](CC)c3ccc(C)cc3)cc-2oc2cc(C)c(Nc3ccccc3)cc12. The monoisotopic (exact) mass is 651 g/mol. The second-order valence-corrected chi connectivity index (χ2v) is 12.0. The van der Waals surface area contributed by atoms with Gasteiger partial charge in [0.2, 0.25) is 11.0 Å². The molecule has 1 N–H and O–H groups in total. The van der Waals surface area contributed by atoms with E-state index in [1.165, 1.54) is 5.56 Å². The Morgan fingerprint density at radius 3 is 2.27 bits per heavy atom. The number of ether oxygens (including phenoxy) is 2. The molecule has 246 valence electrons. The maximum atomic E-state index is 13.6. The topological polar surface area (TPSA) is 80.8 Å². The molecule has 1 heterocycles. The second-order valence-electron chi connectivity index (χ2n) is 12.0. The molecule has 7 heteroatoms. The van der Waals surface area contributed by atoms with Gasteiger partial charge in [0.15, 0.2) is 0 Å². The summed E-state index contributed by atoms with van der Waals surface area (Å²) >= 11 is 0. The van der Waals surface area contributed by atoms with Crippen molar-refractivity contribution >= 4 is 40.0 Å². The molecule has 0 atom stereocenters. The molecule has 1 aliphatic heterocycles. The third-order valence-corrected chi connectivity index (χ3v) is 8.39. The number of benzene rings is 5. The number of nitrogens with one attached hydrogen (secondary N) is 1. The number of aryl methyl sites for hydroxylation is 2. The highest BCUT2D eigenvalue weighted by atomic mass is 16.6.